The minimum Gasteiger partial charge on any atom is -0.458 e. The largest absolute Gasteiger partial charge is 0.458 e. The van der Waals surface area contributed by atoms with Gasteiger partial charge in [0.1, 0.15) is 23.0 Å². The predicted octanol–water partition coefficient (Wildman–Crippen LogP) is 7.51. The van der Waals surface area contributed by atoms with Gasteiger partial charge >= 0.3 is 0 Å². The summed E-state index contributed by atoms with van der Waals surface area (Å²) in [5.41, 5.74) is 11.8. The molecule has 5 aromatic rings. The molecule has 4 aromatic carbocycles. The van der Waals surface area contributed by atoms with E-state index >= 15 is 0 Å². The Balaban J connectivity index is 1.26. The fraction of sp³-hybridized carbons (Fsp3) is 0.0811. The van der Waals surface area contributed by atoms with E-state index < -0.39 is 0 Å². The number of aromatic nitrogens is 1. The summed E-state index contributed by atoms with van der Waals surface area (Å²) in [6.07, 6.45) is 12.9. The fourth-order valence-corrected chi connectivity index (χ4v) is 6.78. The molecule has 0 saturated heterocycles. The van der Waals surface area contributed by atoms with E-state index in [4.69, 9.17) is 9.47 Å². The van der Waals surface area contributed by atoms with Gasteiger partial charge in [0, 0.05) is 33.5 Å². The lowest BCUT2D eigenvalue weighted by Crippen LogP contribution is -2.57. The van der Waals surface area contributed by atoms with Crippen LogP contribution in [0.2, 0.25) is 0 Å². The maximum atomic E-state index is 6.67. The van der Waals surface area contributed by atoms with Gasteiger partial charge in [-0.3, -0.25) is 0 Å². The summed E-state index contributed by atoms with van der Waals surface area (Å²) in [6.45, 7) is 6.27. The standard InChI is InChI=1S/C37H28BNO2/c1-3-11-31-26(4-2)28-12-5-7-16-32(28)39(31)25-22-20-24(21-23-25)27-13-9-15-30-37(27)41-35-19-10-18-34-36(35)38(30)29-14-6-8-17-33(29)40-34/h3-6,8-15,17-23H,2,7,16H2,1H3/b11-3-. The lowest BCUT2D eigenvalue weighted by Gasteiger charge is -2.33. The van der Waals surface area contributed by atoms with Gasteiger partial charge < -0.3 is 14.0 Å². The molecule has 1 aromatic heterocycles. The molecule has 196 valence electrons. The molecule has 0 bridgehead atoms. The van der Waals surface area contributed by atoms with Gasteiger partial charge in [0.15, 0.2) is 0 Å². The van der Waals surface area contributed by atoms with Gasteiger partial charge in [0.25, 0.3) is 6.71 Å². The summed E-state index contributed by atoms with van der Waals surface area (Å²) in [6, 6.07) is 29.8. The molecule has 3 aliphatic rings. The molecular weight excluding hydrogens is 501 g/mol. The summed E-state index contributed by atoms with van der Waals surface area (Å²) in [7, 11) is 0. The highest BCUT2D eigenvalue weighted by Crippen LogP contribution is 2.40. The highest BCUT2D eigenvalue weighted by molar-refractivity contribution is 6.98. The van der Waals surface area contributed by atoms with E-state index in [2.05, 4.69) is 109 Å². The molecule has 0 N–H and O–H groups in total. The van der Waals surface area contributed by atoms with Crippen molar-refractivity contribution >= 4 is 41.3 Å². The number of nitrogens with zero attached hydrogens (tertiary/aromatic N) is 1. The van der Waals surface area contributed by atoms with Crippen molar-refractivity contribution in [3.05, 3.63) is 126 Å². The van der Waals surface area contributed by atoms with Crippen LogP contribution >= 0.6 is 0 Å². The maximum absolute atomic E-state index is 6.67. The van der Waals surface area contributed by atoms with Crippen LogP contribution in [-0.4, -0.2) is 11.3 Å². The minimum atomic E-state index is 0.0642. The van der Waals surface area contributed by atoms with Crippen LogP contribution in [0.3, 0.4) is 0 Å². The second-order valence-electron chi connectivity index (χ2n) is 10.8. The highest BCUT2D eigenvalue weighted by Gasteiger charge is 2.40. The summed E-state index contributed by atoms with van der Waals surface area (Å²) in [5, 5.41) is 0. The summed E-state index contributed by atoms with van der Waals surface area (Å²) < 4.78 is 15.4. The Kier molecular flexibility index (Phi) is 5.43. The van der Waals surface area contributed by atoms with E-state index in [0.29, 0.717) is 0 Å². The fourth-order valence-electron chi connectivity index (χ4n) is 6.78. The van der Waals surface area contributed by atoms with Gasteiger partial charge in [0.2, 0.25) is 0 Å². The Bertz CT molecular complexity index is 1930. The van der Waals surface area contributed by atoms with Crippen LogP contribution in [0.4, 0.5) is 0 Å². The number of hydrogen-bond acceptors (Lipinski definition) is 2. The van der Waals surface area contributed by atoms with E-state index in [1.54, 1.807) is 0 Å². The molecule has 0 unspecified atom stereocenters. The zero-order chi connectivity index (χ0) is 27.5. The highest BCUT2D eigenvalue weighted by atomic mass is 16.5. The molecule has 3 nitrogen and oxygen atoms in total. The van der Waals surface area contributed by atoms with Crippen molar-refractivity contribution < 1.29 is 9.47 Å². The second kappa shape index (κ2) is 9.31. The molecule has 0 atom stereocenters. The Morgan fingerprint density at radius 1 is 0.829 bits per heavy atom. The lowest BCUT2D eigenvalue weighted by atomic mass is 9.34. The SMILES string of the molecule is C=Cc1c2c(n(-c3ccc(-c4cccc5c4Oc4cccc6c4B5c4ccccc4O6)cc3)c1/C=C\C)CCC=C2. The first-order valence-corrected chi connectivity index (χ1v) is 14.3. The number of para-hydroxylation sites is 2. The quantitative estimate of drug-likeness (QED) is 0.220. The third-order valence-electron chi connectivity index (χ3n) is 8.52. The molecule has 1 aliphatic carbocycles. The van der Waals surface area contributed by atoms with Crippen molar-refractivity contribution in [1.29, 1.82) is 0 Å². The number of fused-ring (bicyclic) bond motifs is 5. The molecule has 8 rings (SSSR count). The predicted molar refractivity (Wildman–Crippen MR) is 171 cm³/mol. The van der Waals surface area contributed by atoms with Crippen molar-refractivity contribution in [2.75, 3.05) is 0 Å². The van der Waals surface area contributed by atoms with Crippen molar-refractivity contribution in [1.82, 2.24) is 4.57 Å². The first-order valence-electron chi connectivity index (χ1n) is 14.3. The Morgan fingerprint density at radius 3 is 2.41 bits per heavy atom. The average Bonchev–Trinajstić information content (AvgIpc) is 3.34. The summed E-state index contributed by atoms with van der Waals surface area (Å²) in [4.78, 5) is 0. The third kappa shape index (κ3) is 3.54. The monoisotopic (exact) mass is 529 g/mol. The second-order valence-corrected chi connectivity index (χ2v) is 10.8. The van der Waals surface area contributed by atoms with E-state index in [1.807, 2.05) is 24.3 Å². The zero-order valence-electron chi connectivity index (χ0n) is 22.9. The van der Waals surface area contributed by atoms with Gasteiger partial charge in [-0.05, 0) is 72.7 Å². The van der Waals surface area contributed by atoms with Crippen LogP contribution in [0.15, 0.2) is 104 Å². The molecule has 0 fully saturated rings. The number of hydrogen-bond donors (Lipinski definition) is 0. The van der Waals surface area contributed by atoms with E-state index in [9.17, 15) is 0 Å². The molecular formula is C37H28BNO2. The molecule has 41 heavy (non-hydrogen) atoms. The van der Waals surface area contributed by atoms with Crippen molar-refractivity contribution in [3.8, 4) is 39.8 Å². The van der Waals surface area contributed by atoms with Crippen molar-refractivity contribution in [3.63, 3.8) is 0 Å². The molecule has 3 heterocycles. The zero-order valence-corrected chi connectivity index (χ0v) is 22.9. The van der Waals surface area contributed by atoms with E-state index in [0.717, 1.165) is 58.1 Å². The van der Waals surface area contributed by atoms with Gasteiger partial charge in [-0.15, -0.1) is 0 Å². The van der Waals surface area contributed by atoms with Crippen molar-refractivity contribution in [2.45, 2.75) is 19.8 Å². The van der Waals surface area contributed by atoms with Crippen molar-refractivity contribution in [2.24, 2.45) is 0 Å². The Labute approximate surface area is 240 Å². The number of allylic oxidation sites excluding steroid dienone is 2. The molecule has 0 amide bonds. The first-order chi connectivity index (χ1) is 20.3. The van der Waals surface area contributed by atoms with Gasteiger partial charge in [0.05, 0.1) is 5.69 Å². The molecule has 4 heteroatoms. The number of ether oxygens (including phenoxy) is 2. The van der Waals surface area contributed by atoms with Crippen LogP contribution in [0.1, 0.15) is 35.9 Å². The van der Waals surface area contributed by atoms with Crippen LogP contribution < -0.4 is 25.9 Å². The third-order valence-corrected chi connectivity index (χ3v) is 8.52. The van der Waals surface area contributed by atoms with E-state index in [1.165, 1.54) is 33.4 Å². The molecule has 0 saturated carbocycles. The average molecular weight is 529 g/mol. The number of rotatable bonds is 4. The lowest BCUT2D eigenvalue weighted by molar-refractivity contribution is 0.465. The molecule has 0 radical (unpaired) electrons. The van der Waals surface area contributed by atoms with Gasteiger partial charge in [-0.25, -0.2) is 0 Å². The summed E-state index contributed by atoms with van der Waals surface area (Å²) in [5.74, 6) is 3.55. The maximum Gasteiger partial charge on any atom is 0.260 e. The Morgan fingerprint density at radius 2 is 1.59 bits per heavy atom. The first kappa shape index (κ1) is 23.9. The van der Waals surface area contributed by atoms with Gasteiger partial charge in [-0.1, -0.05) is 85.5 Å². The molecule has 0 spiro atoms. The van der Waals surface area contributed by atoms with Crippen LogP contribution in [0.25, 0.3) is 35.0 Å². The van der Waals surface area contributed by atoms with Crippen LogP contribution in [0.5, 0.6) is 23.0 Å². The smallest absolute Gasteiger partial charge is 0.260 e. The van der Waals surface area contributed by atoms with Crippen LogP contribution in [0, 0.1) is 0 Å². The number of benzene rings is 4. The Hall–Kier alpha value is -4.96. The summed E-state index contributed by atoms with van der Waals surface area (Å²) >= 11 is 0. The normalized spacial score (nSPS) is 14.0. The van der Waals surface area contributed by atoms with Gasteiger partial charge in [-0.2, -0.15) is 0 Å². The molecule has 2 aliphatic heterocycles. The topological polar surface area (TPSA) is 23.4 Å². The van der Waals surface area contributed by atoms with Crippen LogP contribution in [-0.2, 0) is 6.42 Å². The minimum absolute atomic E-state index is 0.0642. The van der Waals surface area contributed by atoms with E-state index in [-0.39, 0.29) is 6.71 Å².